The van der Waals surface area contributed by atoms with Gasteiger partial charge in [-0.3, -0.25) is 9.59 Å². The number of anilines is 1. The van der Waals surface area contributed by atoms with Crippen molar-refractivity contribution in [3.8, 4) is 5.75 Å². The lowest BCUT2D eigenvalue weighted by Gasteiger charge is -2.13. The van der Waals surface area contributed by atoms with Gasteiger partial charge < -0.3 is 15.4 Å². The number of para-hydroxylation sites is 1. The van der Waals surface area contributed by atoms with Crippen molar-refractivity contribution in [1.29, 1.82) is 0 Å². The molecule has 5 heteroatoms. The number of nitrogens with one attached hydrogen (secondary N) is 2. The Labute approximate surface area is 176 Å². The normalized spacial score (nSPS) is 13.1. The number of rotatable bonds is 9. The van der Waals surface area contributed by atoms with Crippen LogP contribution in [-0.4, -0.2) is 25.0 Å². The van der Waals surface area contributed by atoms with Gasteiger partial charge in [0.15, 0.2) is 0 Å². The number of carbonyl (C=O) groups excluding carboxylic acids is 2. The van der Waals surface area contributed by atoms with Gasteiger partial charge in [-0.05, 0) is 60.7 Å². The zero-order valence-corrected chi connectivity index (χ0v) is 16.9. The maximum Gasteiger partial charge on any atom is 0.253 e. The third-order valence-electron chi connectivity index (χ3n) is 5.21. The lowest BCUT2D eigenvalue weighted by atomic mass is 10.0. The molecular weight excluding hydrogens is 376 g/mol. The van der Waals surface area contributed by atoms with Gasteiger partial charge in [-0.1, -0.05) is 42.5 Å². The molecule has 0 unspecified atom stereocenters. The van der Waals surface area contributed by atoms with Gasteiger partial charge in [-0.25, -0.2) is 0 Å². The summed E-state index contributed by atoms with van der Waals surface area (Å²) in [7, 11) is 0. The number of unbranched alkanes of at least 4 members (excludes halogenated alkanes) is 1. The van der Waals surface area contributed by atoms with Crippen molar-refractivity contribution in [1.82, 2.24) is 5.32 Å². The van der Waals surface area contributed by atoms with E-state index in [1.54, 1.807) is 0 Å². The fourth-order valence-corrected chi connectivity index (χ4v) is 3.34. The van der Waals surface area contributed by atoms with Crippen molar-refractivity contribution >= 4 is 28.3 Å². The molecule has 0 heterocycles. The second-order valence-corrected chi connectivity index (χ2v) is 7.63. The molecule has 0 aromatic heterocycles. The Hall–Kier alpha value is -3.34. The van der Waals surface area contributed by atoms with Crippen LogP contribution in [0.1, 0.15) is 36.0 Å². The summed E-state index contributed by atoms with van der Waals surface area (Å²) in [6.45, 7) is 1.17. The molecular formula is C25H26N2O3. The number of amides is 2. The molecule has 2 amide bonds. The number of ether oxygens (including phenoxy) is 1. The Balaban J connectivity index is 1.34. The lowest BCUT2D eigenvalue weighted by molar-refractivity contribution is -0.117. The van der Waals surface area contributed by atoms with E-state index in [4.69, 9.17) is 4.74 Å². The zero-order chi connectivity index (χ0) is 20.8. The predicted molar refractivity (Wildman–Crippen MR) is 119 cm³/mol. The summed E-state index contributed by atoms with van der Waals surface area (Å²) in [6.07, 6.45) is 3.51. The van der Waals surface area contributed by atoms with Crippen LogP contribution in [0.15, 0.2) is 66.7 Å². The van der Waals surface area contributed by atoms with Gasteiger partial charge in [-0.2, -0.15) is 0 Å². The number of carbonyl (C=O) groups is 2. The molecule has 154 valence electrons. The van der Waals surface area contributed by atoms with Crippen LogP contribution in [0.3, 0.4) is 0 Å². The number of hydrogen-bond donors (Lipinski definition) is 2. The fourth-order valence-electron chi connectivity index (χ4n) is 3.34. The minimum Gasteiger partial charge on any atom is -0.494 e. The Bertz CT molecular complexity index is 1030. The topological polar surface area (TPSA) is 67.4 Å². The van der Waals surface area contributed by atoms with Crippen LogP contribution in [0.2, 0.25) is 0 Å². The fraction of sp³-hybridized carbons (Fsp3) is 0.280. The smallest absolute Gasteiger partial charge is 0.253 e. The molecule has 3 aromatic carbocycles. The van der Waals surface area contributed by atoms with Crippen LogP contribution in [0.4, 0.5) is 5.69 Å². The molecule has 2 N–H and O–H groups in total. The average molecular weight is 402 g/mol. The summed E-state index contributed by atoms with van der Waals surface area (Å²) < 4.78 is 5.68. The van der Waals surface area contributed by atoms with Crippen LogP contribution in [0.5, 0.6) is 5.75 Å². The molecule has 0 spiro atoms. The van der Waals surface area contributed by atoms with Gasteiger partial charge in [0.05, 0.1) is 17.9 Å². The third-order valence-corrected chi connectivity index (χ3v) is 5.21. The van der Waals surface area contributed by atoms with Crippen molar-refractivity contribution in [2.75, 3.05) is 18.5 Å². The molecule has 1 fully saturated rings. The minimum absolute atomic E-state index is 0.00241. The van der Waals surface area contributed by atoms with E-state index in [0.29, 0.717) is 24.4 Å². The summed E-state index contributed by atoms with van der Waals surface area (Å²) in [6, 6.07) is 21.3. The summed E-state index contributed by atoms with van der Waals surface area (Å²) in [5, 5.41) is 7.90. The number of benzene rings is 3. The van der Waals surface area contributed by atoms with Gasteiger partial charge in [0.1, 0.15) is 5.75 Å². The second kappa shape index (κ2) is 9.44. The Morgan fingerprint density at radius 1 is 0.900 bits per heavy atom. The van der Waals surface area contributed by atoms with E-state index in [0.717, 1.165) is 42.2 Å². The Morgan fingerprint density at radius 2 is 1.60 bits per heavy atom. The van der Waals surface area contributed by atoms with Crippen molar-refractivity contribution in [3.05, 3.63) is 72.3 Å². The van der Waals surface area contributed by atoms with E-state index in [9.17, 15) is 9.59 Å². The standard InChI is InChI=1S/C25H26N2O3/c28-24(18-12-13-18)27-23-17-20-9-5-4-8-19(20)16-22(23)25(29)26-14-6-7-15-30-21-10-2-1-3-11-21/h1-5,8-11,16-18H,6-7,12-15H2,(H,26,29)(H,27,28). The molecule has 30 heavy (non-hydrogen) atoms. The van der Waals surface area contributed by atoms with Crippen molar-refractivity contribution < 1.29 is 14.3 Å². The Morgan fingerprint density at radius 3 is 2.33 bits per heavy atom. The van der Waals surface area contributed by atoms with Crippen LogP contribution in [0, 0.1) is 5.92 Å². The molecule has 0 bridgehead atoms. The molecule has 0 aliphatic heterocycles. The summed E-state index contributed by atoms with van der Waals surface area (Å²) in [4.78, 5) is 25.1. The van der Waals surface area contributed by atoms with E-state index in [-0.39, 0.29) is 17.7 Å². The molecule has 1 aliphatic carbocycles. The highest BCUT2D eigenvalue weighted by molar-refractivity contribution is 6.08. The van der Waals surface area contributed by atoms with E-state index in [1.807, 2.05) is 66.7 Å². The van der Waals surface area contributed by atoms with Crippen LogP contribution < -0.4 is 15.4 Å². The average Bonchev–Trinajstić information content (AvgIpc) is 3.62. The van der Waals surface area contributed by atoms with Crippen LogP contribution >= 0.6 is 0 Å². The molecule has 0 atom stereocenters. The van der Waals surface area contributed by atoms with Gasteiger partial charge >= 0.3 is 0 Å². The summed E-state index contributed by atoms with van der Waals surface area (Å²) in [5.74, 6) is 0.763. The van der Waals surface area contributed by atoms with E-state index in [1.165, 1.54) is 0 Å². The van der Waals surface area contributed by atoms with Crippen molar-refractivity contribution in [2.45, 2.75) is 25.7 Å². The van der Waals surface area contributed by atoms with Gasteiger partial charge in [-0.15, -0.1) is 0 Å². The first kappa shape index (κ1) is 20.0. The monoisotopic (exact) mass is 402 g/mol. The quantitative estimate of drug-likeness (QED) is 0.506. The first-order valence-electron chi connectivity index (χ1n) is 10.5. The highest BCUT2D eigenvalue weighted by atomic mass is 16.5. The molecule has 1 aliphatic rings. The van der Waals surface area contributed by atoms with E-state index < -0.39 is 0 Å². The third kappa shape index (κ3) is 5.17. The summed E-state index contributed by atoms with van der Waals surface area (Å²) >= 11 is 0. The molecule has 1 saturated carbocycles. The lowest BCUT2D eigenvalue weighted by Crippen LogP contribution is -2.26. The largest absolute Gasteiger partial charge is 0.494 e. The van der Waals surface area contributed by atoms with E-state index >= 15 is 0 Å². The van der Waals surface area contributed by atoms with Crippen LogP contribution in [0.25, 0.3) is 10.8 Å². The van der Waals surface area contributed by atoms with Crippen LogP contribution in [-0.2, 0) is 4.79 Å². The minimum atomic E-state index is -0.171. The molecule has 0 radical (unpaired) electrons. The second-order valence-electron chi connectivity index (χ2n) is 7.63. The van der Waals surface area contributed by atoms with Crippen molar-refractivity contribution in [2.24, 2.45) is 5.92 Å². The van der Waals surface area contributed by atoms with E-state index in [2.05, 4.69) is 10.6 Å². The first-order valence-corrected chi connectivity index (χ1v) is 10.5. The zero-order valence-electron chi connectivity index (χ0n) is 16.9. The van der Waals surface area contributed by atoms with Gasteiger partial charge in [0, 0.05) is 12.5 Å². The predicted octanol–water partition coefficient (Wildman–Crippen LogP) is 4.78. The molecule has 0 saturated heterocycles. The Kier molecular flexibility index (Phi) is 6.28. The molecule has 3 aromatic rings. The maximum absolute atomic E-state index is 12.8. The summed E-state index contributed by atoms with van der Waals surface area (Å²) in [5.41, 5.74) is 1.08. The highest BCUT2D eigenvalue weighted by Gasteiger charge is 2.30. The van der Waals surface area contributed by atoms with Crippen molar-refractivity contribution in [3.63, 3.8) is 0 Å². The van der Waals surface area contributed by atoms with Gasteiger partial charge in [0.25, 0.3) is 5.91 Å². The SMILES string of the molecule is O=C(NCCCCOc1ccccc1)c1cc2ccccc2cc1NC(=O)C1CC1. The maximum atomic E-state index is 12.8. The number of hydrogen-bond acceptors (Lipinski definition) is 3. The highest BCUT2D eigenvalue weighted by Crippen LogP contribution is 2.32. The van der Waals surface area contributed by atoms with Gasteiger partial charge in [0.2, 0.25) is 5.91 Å². The molecule has 4 rings (SSSR count). The molecule has 5 nitrogen and oxygen atoms in total. The number of fused-ring (bicyclic) bond motifs is 1. The first-order chi connectivity index (χ1) is 14.7.